The number of hydrogen-bond donors (Lipinski definition) is 0. The number of nitrogens with zero attached hydrogens (tertiary/aromatic N) is 1. The Hall–Kier alpha value is -0.530. The van der Waals surface area contributed by atoms with Crippen LogP contribution in [0.4, 0.5) is 0 Å². The molecule has 16 heavy (non-hydrogen) atoms. The van der Waals surface area contributed by atoms with Crippen LogP contribution in [0.1, 0.15) is 54.4 Å². The number of amides is 1. The van der Waals surface area contributed by atoms with Gasteiger partial charge in [0.25, 0.3) is 0 Å². The van der Waals surface area contributed by atoms with E-state index in [9.17, 15) is 4.79 Å². The van der Waals surface area contributed by atoms with E-state index in [1.165, 1.54) is 0 Å². The molecule has 0 aliphatic carbocycles. The van der Waals surface area contributed by atoms with E-state index in [-0.39, 0.29) is 5.92 Å². The molecule has 2 nitrogen and oxygen atoms in total. The van der Waals surface area contributed by atoms with Crippen LogP contribution < -0.4 is 0 Å². The van der Waals surface area contributed by atoms with Crippen LogP contribution in [0.3, 0.4) is 0 Å². The lowest BCUT2D eigenvalue weighted by atomic mass is 10.0. The minimum Gasteiger partial charge on any atom is -0.342 e. The molecule has 1 atom stereocenters. The van der Waals surface area contributed by atoms with E-state index >= 15 is 0 Å². The van der Waals surface area contributed by atoms with Crippen LogP contribution in [0.5, 0.6) is 0 Å². The first kappa shape index (κ1) is 15.5. The van der Waals surface area contributed by atoms with Crippen LogP contribution in [-0.4, -0.2) is 23.9 Å². The second kappa shape index (κ2) is 7.70. The van der Waals surface area contributed by atoms with Gasteiger partial charge in [-0.2, -0.15) is 0 Å². The van der Waals surface area contributed by atoms with E-state index in [1.807, 2.05) is 0 Å². The molecule has 0 unspecified atom stereocenters. The van der Waals surface area contributed by atoms with Crippen molar-refractivity contribution in [1.29, 1.82) is 0 Å². The molecule has 0 aliphatic heterocycles. The van der Waals surface area contributed by atoms with Gasteiger partial charge >= 0.3 is 0 Å². The molecule has 0 saturated carbocycles. The van der Waals surface area contributed by atoms with Gasteiger partial charge in [0, 0.05) is 19.0 Å². The second-order valence-corrected chi connectivity index (χ2v) is 5.72. The third kappa shape index (κ3) is 6.14. The van der Waals surface area contributed by atoms with Crippen LogP contribution in [0.2, 0.25) is 0 Å². The van der Waals surface area contributed by atoms with E-state index in [0.717, 1.165) is 25.9 Å². The molecule has 1 amide bonds. The Morgan fingerprint density at radius 3 is 1.75 bits per heavy atom. The van der Waals surface area contributed by atoms with Crippen molar-refractivity contribution in [3.05, 3.63) is 0 Å². The van der Waals surface area contributed by atoms with Gasteiger partial charge in [-0.15, -0.1) is 0 Å². The van der Waals surface area contributed by atoms with Crippen molar-refractivity contribution in [2.75, 3.05) is 13.1 Å². The van der Waals surface area contributed by atoms with E-state index in [2.05, 4.69) is 46.4 Å². The molecule has 0 aromatic heterocycles. The molecule has 0 saturated heterocycles. The summed E-state index contributed by atoms with van der Waals surface area (Å²) in [5.74, 6) is 1.62. The topological polar surface area (TPSA) is 20.3 Å². The lowest BCUT2D eigenvalue weighted by Crippen LogP contribution is -2.40. The molecule has 0 aromatic rings. The second-order valence-electron chi connectivity index (χ2n) is 5.72. The summed E-state index contributed by atoms with van der Waals surface area (Å²) in [6.45, 7) is 14.7. The Kier molecular flexibility index (Phi) is 7.44. The molecular weight excluding hydrogens is 198 g/mol. The van der Waals surface area contributed by atoms with Crippen molar-refractivity contribution < 1.29 is 4.79 Å². The maximum absolute atomic E-state index is 12.2. The molecule has 96 valence electrons. The van der Waals surface area contributed by atoms with E-state index in [0.29, 0.717) is 17.7 Å². The highest BCUT2D eigenvalue weighted by atomic mass is 16.2. The van der Waals surface area contributed by atoms with Gasteiger partial charge in [-0.25, -0.2) is 0 Å². The van der Waals surface area contributed by atoms with Crippen LogP contribution in [0, 0.1) is 17.8 Å². The summed E-state index contributed by atoms with van der Waals surface area (Å²) in [7, 11) is 0. The van der Waals surface area contributed by atoms with Gasteiger partial charge < -0.3 is 4.90 Å². The van der Waals surface area contributed by atoms with Gasteiger partial charge in [0.15, 0.2) is 0 Å². The van der Waals surface area contributed by atoms with Gasteiger partial charge in [-0.3, -0.25) is 4.79 Å². The molecule has 0 spiro atoms. The first-order valence-corrected chi connectivity index (χ1v) is 6.67. The molecule has 0 radical (unpaired) electrons. The lowest BCUT2D eigenvalue weighted by Gasteiger charge is -2.29. The van der Waals surface area contributed by atoms with Crippen molar-refractivity contribution in [1.82, 2.24) is 4.90 Å². The van der Waals surface area contributed by atoms with Crippen LogP contribution in [-0.2, 0) is 4.79 Å². The maximum Gasteiger partial charge on any atom is 0.225 e. The molecule has 0 heterocycles. The predicted molar refractivity (Wildman–Crippen MR) is 70.3 cm³/mol. The number of rotatable bonds is 7. The molecule has 0 fully saturated rings. The van der Waals surface area contributed by atoms with Gasteiger partial charge in [0.1, 0.15) is 0 Å². The fourth-order valence-electron chi connectivity index (χ4n) is 2.00. The molecule has 0 aromatic carbocycles. The Bertz CT molecular complexity index is 189. The van der Waals surface area contributed by atoms with Gasteiger partial charge in [0.2, 0.25) is 5.91 Å². The quantitative estimate of drug-likeness (QED) is 0.651. The Morgan fingerprint density at radius 2 is 1.44 bits per heavy atom. The van der Waals surface area contributed by atoms with E-state index in [1.54, 1.807) is 0 Å². The third-order valence-electron chi connectivity index (χ3n) is 2.63. The van der Waals surface area contributed by atoms with Crippen molar-refractivity contribution in [2.45, 2.75) is 54.4 Å². The minimum atomic E-state index is 0.183. The zero-order valence-corrected chi connectivity index (χ0v) is 11.9. The maximum atomic E-state index is 12.2. The highest BCUT2D eigenvalue weighted by Crippen LogP contribution is 2.13. The third-order valence-corrected chi connectivity index (χ3v) is 2.63. The summed E-state index contributed by atoms with van der Waals surface area (Å²) in [6.07, 6.45) is 2.09. The Labute approximate surface area is 101 Å². The van der Waals surface area contributed by atoms with Crippen LogP contribution in [0.25, 0.3) is 0 Å². The van der Waals surface area contributed by atoms with Crippen molar-refractivity contribution in [2.24, 2.45) is 17.8 Å². The highest BCUT2D eigenvalue weighted by molar-refractivity contribution is 5.78. The first-order chi connectivity index (χ1) is 7.38. The number of hydrogen-bond acceptors (Lipinski definition) is 1. The first-order valence-electron chi connectivity index (χ1n) is 6.67. The van der Waals surface area contributed by atoms with Crippen molar-refractivity contribution in [3.8, 4) is 0 Å². The molecule has 0 N–H and O–H groups in total. The zero-order valence-electron chi connectivity index (χ0n) is 11.9. The monoisotopic (exact) mass is 227 g/mol. The summed E-state index contributed by atoms with van der Waals surface area (Å²) in [6, 6.07) is 0. The van der Waals surface area contributed by atoms with E-state index < -0.39 is 0 Å². The molecule has 0 aliphatic rings. The molecule has 0 rings (SSSR count). The highest BCUT2D eigenvalue weighted by Gasteiger charge is 2.21. The summed E-state index contributed by atoms with van der Waals surface area (Å²) >= 11 is 0. The van der Waals surface area contributed by atoms with Crippen LogP contribution in [0.15, 0.2) is 0 Å². The lowest BCUT2D eigenvalue weighted by molar-refractivity contribution is -0.136. The van der Waals surface area contributed by atoms with Gasteiger partial charge in [0.05, 0.1) is 0 Å². The summed E-state index contributed by atoms with van der Waals surface area (Å²) in [5.41, 5.74) is 0. The zero-order chi connectivity index (χ0) is 12.7. The van der Waals surface area contributed by atoms with Crippen LogP contribution >= 0.6 is 0 Å². The van der Waals surface area contributed by atoms with Crippen molar-refractivity contribution in [3.63, 3.8) is 0 Å². The van der Waals surface area contributed by atoms with Gasteiger partial charge in [-0.05, 0) is 18.3 Å². The Balaban J connectivity index is 4.42. The Morgan fingerprint density at radius 1 is 1.00 bits per heavy atom. The summed E-state index contributed by atoms with van der Waals surface area (Å²) < 4.78 is 0. The molecular formula is C14H29NO. The average molecular weight is 227 g/mol. The predicted octanol–water partition coefficient (Wildman–Crippen LogP) is 3.56. The van der Waals surface area contributed by atoms with Gasteiger partial charge in [-0.1, -0.05) is 48.0 Å². The fourth-order valence-corrected chi connectivity index (χ4v) is 2.00. The largest absolute Gasteiger partial charge is 0.342 e. The minimum absolute atomic E-state index is 0.183. The normalized spacial score (nSPS) is 13.2. The molecule has 0 bridgehead atoms. The number of carbonyl (C=O) groups is 1. The SMILES string of the molecule is CCC[C@H](C)C(=O)N(CC(C)C)CC(C)C. The van der Waals surface area contributed by atoms with Crippen molar-refractivity contribution >= 4 is 5.91 Å². The smallest absolute Gasteiger partial charge is 0.225 e. The summed E-state index contributed by atoms with van der Waals surface area (Å²) in [4.78, 5) is 14.3. The standard InChI is InChI=1S/C14H29NO/c1-7-8-13(6)14(16)15(9-11(2)3)10-12(4)5/h11-13H,7-10H2,1-6H3/t13-/m0/s1. The fraction of sp³-hybridized carbons (Fsp3) is 0.929. The number of carbonyl (C=O) groups excluding carboxylic acids is 1. The summed E-state index contributed by atoms with van der Waals surface area (Å²) in [5, 5.41) is 0. The van der Waals surface area contributed by atoms with E-state index in [4.69, 9.17) is 0 Å². The molecule has 2 heteroatoms. The average Bonchev–Trinajstić information content (AvgIpc) is 2.14.